The van der Waals surface area contributed by atoms with Crippen LogP contribution in [0.1, 0.15) is 68.9 Å². The van der Waals surface area contributed by atoms with Crippen LogP contribution in [0.3, 0.4) is 0 Å². The quantitative estimate of drug-likeness (QED) is 0.843. The number of benzene rings is 1. The summed E-state index contributed by atoms with van der Waals surface area (Å²) in [6.07, 6.45) is 3.38. The van der Waals surface area contributed by atoms with E-state index in [0.717, 1.165) is 30.5 Å². The predicted molar refractivity (Wildman–Crippen MR) is 94.7 cm³/mol. The molecular formula is C20H24N2O2. The highest BCUT2D eigenvalue weighted by atomic mass is 16.2. The molecule has 0 bridgehead atoms. The van der Waals surface area contributed by atoms with E-state index in [9.17, 15) is 9.59 Å². The number of nitrogens with one attached hydrogen (secondary N) is 2. The van der Waals surface area contributed by atoms with Gasteiger partial charge < -0.3 is 10.3 Å². The molecule has 1 aliphatic rings. The molecule has 0 saturated carbocycles. The lowest BCUT2D eigenvalue weighted by atomic mass is 9.83. The van der Waals surface area contributed by atoms with Crippen molar-refractivity contribution in [3.63, 3.8) is 0 Å². The number of hydrogen-bond donors (Lipinski definition) is 2. The molecule has 1 unspecified atom stereocenters. The Kier molecular flexibility index (Phi) is 4.56. The summed E-state index contributed by atoms with van der Waals surface area (Å²) >= 11 is 0. The van der Waals surface area contributed by atoms with Crippen molar-refractivity contribution in [2.24, 2.45) is 0 Å². The summed E-state index contributed by atoms with van der Waals surface area (Å²) < 4.78 is 0. The summed E-state index contributed by atoms with van der Waals surface area (Å²) in [6.45, 7) is 5.82. The maximum absolute atomic E-state index is 12.6. The third kappa shape index (κ3) is 3.01. The minimum Gasteiger partial charge on any atom is -0.354 e. The summed E-state index contributed by atoms with van der Waals surface area (Å²) in [4.78, 5) is 27.3. The number of fused-ring (bicyclic) bond motifs is 1. The van der Waals surface area contributed by atoms with E-state index < -0.39 is 0 Å². The van der Waals surface area contributed by atoms with Gasteiger partial charge in [0.1, 0.15) is 5.69 Å². The van der Waals surface area contributed by atoms with Crippen LogP contribution in [0.2, 0.25) is 0 Å². The molecule has 1 heterocycles. The summed E-state index contributed by atoms with van der Waals surface area (Å²) in [5.74, 6) is 0.218. The summed E-state index contributed by atoms with van der Waals surface area (Å²) in [5, 5.41) is 3.05. The Labute approximate surface area is 142 Å². The van der Waals surface area contributed by atoms with Crippen LogP contribution in [0.5, 0.6) is 0 Å². The Morgan fingerprint density at radius 1 is 1.25 bits per heavy atom. The Hall–Kier alpha value is -2.36. The van der Waals surface area contributed by atoms with Gasteiger partial charge in [0.2, 0.25) is 0 Å². The smallest absolute Gasteiger partial charge is 0.268 e. The minimum absolute atomic E-state index is 0.0125. The van der Waals surface area contributed by atoms with Crippen molar-refractivity contribution in [1.29, 1.82) is 0 Å². The second kappa shape index (κ2) is 6.63. The third-order valence-electron chi connectivity index (χ3n) is 5.02. The van der Waals surface area contributed by atoms with Crippen molar-refractivity contribution in [2.75, 3.05) is 6.54 Å². The second-order valence-electron chi connectivity index (χ2n) is 6.68. The van der Waals surface area contributed by atoms with Gasteiger partial charge in [-0.1, -0.05) is 24.3 Å². The summed E-state index contributed by atoms with van der Waals surface area (Å²) in [7, 11) is 0. The van der Waals surface area contributed by atoms with Crippen molar-refractivity contribution >= 4 is 11.7 Å². The second-order valence-corrected chi connectivity index (χ2v) is 6.68. The molecule has 1 amide bonds. The van der Waals surface area contributed by atoms with Gasteiger partial charge in [-0.2, -0.15) is 0 Å². The van der Waals surface area contributed by atoms with E-state index in [2.05, 4.69) is 34.6 Å². The van der Waals surface area contributed by atoms with Gasteiger partial charge in [0.25, 0.3) is 5.91 Å². The molecule has 1 aliphatic carbocycles. The SMILES string of the molecule is CC(=O)c1c(C)[nH]c(C(=O)NCC2CCCc3ccccc32)c1C. The molecule has 4 nitrogen and oxygen atoms in total. The number of aryl methyl sites for hydroxylation is 2. The zero-order valence-electron chi connectivity index (χ0n) is 14.5. The molecule has 0 fully saturated rings. The molecule has 0 spiro atoms. The fraction of sp³-hybridized carbons (Fsp3) is 0.400. The van der Waals surface area contributed by atoms with E-state index >= 15 is 0 Å². The lowest BCUT2D eigenvalue weighted by Gasteiger charge is -2.25. The van der Waals surface area contributed by atoms with E-state index in [4.69, 9.17) is 0 Å². The van der Waals surface area contributed by atoms with Crippen LogP contribution in [0.25, 0.3) is 0 Å². The average Bonchev–Trinajstić information content (AvgIpc) is 2.87. The number of Topliss-reactive ketones (excluding diaryl/α,β-unsaturated/α-hetero) is 1. The Balaban J connectivity index is 1.73. The molecule has 0 saturated heterocycles. The zero-order chi connectivity index (χ0) is 17.3. The van der Waals surface area contributed by atoms with E-state index in [0.29, 0.717) is 23.7 Å². The van der Waals surface area contributed by atoms with Gasteiger partial charge in [0.15, 0.2) is 5.78 Å². The van der Waals surface area contributed by atoms with Crippen molar-refractivity contribution < 1.29 is 9.59 Å². The topological polar surface area (TPSA) is 62.0 Å². The van der Waals surface area contributed by atoms with Crippen LogP contribution in [0.4, 0.5) is 0 Å². The van der Waals surface area contributed by atoms with Crippen molar-refractivity contribution in [3.05, 3.63) is 57.9 Å². The van der Waals surface area contributed by atoms with Gasteiger partial charge in [-0.3, -0.25) is 9.59 Å². The number of aromatic nitrogens is 1. The van der Waals surface area contributed by atoms with Gasteiger partial charge >= 0.3 is 0 Å². The molecule has 126 valence electrons. The van der Waals surface area contributed by atoms with Crippen molar-refractivity contribution in [2.45, 2.75) is 46.0 Å². The normalized spacial score (nSPS) is 16.5. The molecule has 1 atom stereocenters. The Bertz CT molecular complexity index is 789. The lowest BCUT2D eigenvalue weighted by Crippen LogP contribution is -2.30. The van der Waals surface area contributed by atoms with E-state index in [1.165, 1.54) is 18.1 Å². The standard InChI is InChI=1S/C20H24N2O2/c1-12-18(14(3)23)13(2)22-19(12)20(24)21-11-16-9-6-8-15-7-4-5-10-17(15)16/h4-5,7,10,16,22H,6,8-9,11H2,1-3H3,(H,21,24). The number of amides is 1. The third-order valence-corrected chi connectivity index (χ3v) is 5.02. The van der Waals surface area contributed by atoms with Crippen LogP contribution < -0.4 is 5.32 Å². The van der Waals surface area contributed by atoms with Crippen molar-refractivity contribution in [1.82, 2.24) is 10.3 Å². The van der Waals surface area contributed by atoms with E-state index in [-0.39, 0.29) is 11.7 Å². The fourth-order valence-electron chi connectivity index (χ4n) is 3.88. The average molecular weight is 324 g/mol. The zero-order valence-corrected chi connectivity index (χ0v) is 14.5. The molecule has 2 aromatic rings. The highest BCUT2D eigenvalue weighted by Gasteiger charge is 2.23. The highest BCUT2D eigenvalue weighted by Crippen LogP contribution is 2.31. The largest absolute Gasteiger partial charge is 0.354 e. The number of rotatable bonds is 4. The first kappa shape index (κ1) is 16.5. The Morgan fingerprint density at radius 3 is 2.71 bits per heavy atom. The van der Waals surface area contributed by atoms with Crippen LogP contribution >= 0.6 is 0 Å². The van der Waals surface area contributed by atoms with Gasteiger partial charge in [-0.05, 0) is 56.7 Å². The minimum atomic E-state index is -0.133. The van der Waals surface area contributed by atoms with Crippen LogP contribution in [-0.2, 0) is 6.42 Å². The van der Waals surface area contributed by atoms with Gasteiger partial charge in [0, 0.05) is 23.7 Å². The van der Waals surface area contributed by atoms with Crippen molar-refractivity contribution in [3.8, 4) is 0 Å². The van der Waals surface area contributed by atoms with Crippen LogP contribution in [0.15, 0.2) is 24.3 Å². The monoisotopic (exact) mass is 324 g/mol. The van der Waals surface area contributed by atoms with Crippen LogP contribution in [-0.4, -0.2) is 23.2 Å². The van der Waals surface area contributed by atoms with Crippen LogP contribution in [0, 0.1) is 13.8 Å². The molecule has 1 aromatic heterocycles. The number of hydrogen-bond acceptors (Lipinski definition) is 2. The number of carbonyl (C=O) groups excluding carboxylic acids is 2. The highest BCUT2D eigenvalue weighted by molar-refractivity contribution is 6.02. The molecule has 24 heavy (non-hydrogen) atoms. The number of H-pyrrole nitrogens is 1. The molecule has 4 heteroatoms. The Morgan fingerprint density at radius 2 is 2.00 bits per heavy atom. The molecule has 2 N–H and O–H groups in total. The predicted octanol–water partition coefficient (Wildman–Crippen LogP) is 3.68. The molecule has 0 aliphatic heterocycles. The summed E-state index contributed by atoms with van der Waals surface area (Å²) in [6, 6.07) is 8.49. The first-order valence-corrected chi connectivity index (χ1v) is 8.55. The summed E-state index contributed by atoms with van der Waals surface area (Å²) in [5.41, 5.74) is 5.38. The molecule has 0 radical (unpaired) electrons. The number of ketones is 1. The van der Waals surface area contributed by atoms with E-state index in [1.807, 2.05) is 13.8 Å². The molecular weight excluding hydrogens is 300 g/mol. The number of aromatic amines is 1. The molecule has 3 rings (SSSR count). The van der Waals surface area contributed by atoms with E-state index in [1.54, 1.807) is 0 Å². The van der Waals surface area contributed by atoms with Gasteiger partial charge in [0.05, 0.1) is 0 Å². The first-order chi connectivity index (χ1) is 11.5. The maximum atomic E-state index is 12.6. The lowest BCUT2D eigenvalue weighted by molar-refractivity contribution is 0.0945. The first-order valence-electron chi connectivity index (χ1n) is 8.55. The van der Waals surface area contributed by atoms with Gasteiger partial charge in [-0.25, -0.2) is 0 Å². The van der Waals surface area contributed by atoms with Gasteiger partial charge in [-0.15, -0.1) is 0 Å². The number of carbonyl (C=O) groups is 2. The maximum Gasteiger partial charge on any atom is 0.268 e. The fourth-order valence-corrected chi connectivity index (χ4v) is 3.88. The molecule has 1 aromatic carbocycles.